The third kappa shape index (κ3) is 3.72. The Morgan fingerprint density at radius 3 is 2.14 bits per heavy atom. The fourth-order valence-corrected chi connectivity index (χ4v) is 3.55. The Kier molecular flexibility index (Phi) is 5.05. The monoisotopic (exact) mass is 394 g/mol. The van der Waals surface area contributed by atoms with Crippen LogP contribution in [0.2, 0.25) is 0 Å². The average Bonchev–Trinajstić information content (AvgIpc) is 2.74. The molecule has 2 heterocycles. The molecule has 0 saturated carbocycles. The van der Waals surface area contributed by atoms with E-state index in [4.69, 9.17) is 4.74 Å². The maximum atomic E-state index is 13.1. The molecule has 2 aromatic carbocycles. The van der Waals surface area contributed by atoms with Gasteiger partial charge in [-0.15, -0.1) is 0 Å². The molecule has 0 N–H and O–H groups in total. The van der Waals surface area contributed by atoms with Crippen LogP contribution in [0, 0.1) is 19.7 Å². The first-order valence-electron chi connectivity index (χ1n) is 9.59. The van der Waals surface area contributed by atoms with Crippen LogP contribution in [0.3, 0.4) is 0 Å². The molecule has 0 aliphatic carbocycles. The molecule has 0 bridgehead atoms. The molecule has 6 nitrogen and oxygen atoms in total. The summed E-state index contributed by atoms with van der Waals surface area (Å²) in [6, 6.07) is 10.3. The number of benzene rings is 2. The van der Waals surface area contributed by atoms with Gasteiger partial charge in [-0.2, -0.15) is 0 Å². The smallest absolute Gasteiger partial charge is 0.278 e. The number of ether oxygens (including phenoxy) is 1. The molecule has 3 aromatic rings. The van der Waals surface area contributed by atoms with Crippen LogP contribution in [0.15, 0.2) is 36.4 Å². The Balaban J connectivity index is 1.56. The number of fused-ring (bicyclic) bond motifs is 1. The van der Waals surface area contributed by atoms with Gasteiger partial charge in [-0.1, -0.05) is 0 Å². The highest BCUT2D eigenvalue weighted by molar-refractivity contribution is 5.96. The van der Waals surface area contributed by atoms with Gasteiger partial charge >= 0.3 is 0 Å². The third-order valence-corrected chi connectivity index (χ3v) is 5.40. The van der Waals surface area contributed by atoms with Crippen molar-refractivity contribution in [3.63, 3.8) is 0 Å². The van der Waals surface area contributed by atoms with Crippen LogP contribution in [0.5, 0.6) is 5.88 Å². The Labute approximate surface area is 168 Å². The van der Waals surface area contributed by atoms with Crippen LogP contribution in [-0.4, -0.2) is 54.1 Å². The van der Waals surface area contributed by atoms with Crippen molar-refractivity contribution >= 4 is 22.6 Å². The number of carbonyl (C=O) groups excluding carboxylic acids is 1. The van der Waals surface area contributed by atoms with Crippen molar-refractivity contribution in [2.75, 3.05) is 38.2 Å². The summed E-state index contributed by atoms with van der Waals surface area (Å²) in [4.78, 5) is 26.1. The standard InChI is InChI=1S/C22H23FN4O2/c1-14-12-18-19(13-15(14)2)25-21(29-3)20(24-18)22(28)27-10-8-26(9-11-27)17-6-4-16(23)5-7-17/h4-7,12-13H,8-11H2,1-3H3. The van der Waals surface area contributed by atoms with Gasteiger partial charge in [-0.05, 0) is 61.4 Å². The van der Waals surface area contributed by atoms with Gasteiger partial charge in [-0.25, -0.2) is 14.4 Å². The first-order valence-corrected chi connectivity index (χ1v) is 9.59. The summed E-state index contributed by atoms with van der Waals surface area (Å²) in [5.74, 6) is -0.199. The summed E-state index contributed by atoms with van der Waals surface area (Å²) in [7, 11) is 1.50. The fourth-order valence-electron chi connectivity index (χ4n) is 3.55. The van der Waals surface area contributed by atoms with Crippen LogP contribution in [0.4, 0.5) is 10.1 Å². The topological polar surface area (TPSA) is 58.6 Å². The second kappa shape index (κ2) is 7.66. The van der Waals surface area contributed by atoms with Gasteiger partial charge in [0.1, 0.15) is 5.82 Å². The number of nitrogens with zero attached hydrogens (tertiary/aromatic N) is 4. The van der Waals surface area contributed by atoms with E-state index in [0.29, 0.717) is 37.2 Å². The van der Waals surface area contributed by atoms with Crippen molar-refractivity contribution in [3.05, 3.63) is 59.0 Å². The SMILES string of the molecule is COc1nc2cc(C)c(C)cc2nc1C(=O)N1CCN(c2ccc(F)cc2)CC1. The van der Waals surface area contributed by atoms with Crippen LogP contribution >= 0.6 is 0 Å². The molecule has 1 aliphatic heterocycles. The predicted octanol–water partition coefficient (Wildman–Crippen LogP) is 3.36. The number of aromatic nitrogens is 2. The quantitative estimate of drug-likeness (QED) is 0.682. The Hall–Kier alpha value is -3.22. The molecular weight excluding hydrogens is 371 g/mol. The van der Waals surface area contributed by atoms with E-state index >= 15 is 0 Å². The number of hydrogen-bond donors (Lipinski definition) is 0. The lowest BCUT2D eigenvalue weighted by atomic mass is 10.1. The lowest BCUT2D eigenvalue weighted by molar-refractivity contribution is 0.0736. The van der Waals surface area contributed by atoms with E-state index in [-0.39, 0.29) is 23.3 Å². The zero-order valence-electron chi connectivity index (χ0n) is 16.8. The Morgan fingerprint density at radius 2 is 1.55 bits per heavy atom. The molecule has 7 heteroatoms. The highest BCUT2D eigenvalue weighted by atomic mass is 19.1. The number of methoxy groups -OCH3 is 1. The molecule has 1 aromatic heterocycles. The van der Waals surface area contributed by atoms with Crippen molar-refractivity contribution in [2.24, 2.45) is 0 Å². The van der Waals surface area contributed by atoms with E-state index in [0.717, 1.165) is 16.8 Å². The Bertz CT molecular complexity index is 1060. The summed E-state index contributed by atoms with van der Waals surface area (Å²) in [6.07, 6.45) is 0. The van der Waals surface area contributed by atoms with Crippen LogP contribution in [0.1, 0.15) is 21.6 Å². The number of halogens is 1. The molecule has 0 atom stereocenters. The highest BCUT2D eigenvalue weighted by Gasteiger charge is 2.27. The molecule has 29 heavy (non-hydrogen) atoms. The van der Waals surface area contributed by atoms with Crippen molar-refractivity contribution in [1.82, 2.24) is 14.9 Å². The zero-order chi connectivity index (χ0) is 20.5. The number of carbonyl (C=O) groups is 1. The molecule has 150 valence electrons. The minimum Gasteiger partial charge on any atom is -0.479 e. The summed E-state index contributed by atoms with van der Waals surface area (Å²) in [5.41, 5.74) is 4.80. The number of piperazine rings is 1. The number of amides is 1. The third-order valence-electron chi connectivity index (χ3n) is 5.40. The van der Waals surface area contributed by atoms with Crippen LogP contribution < -0.4 is 9.64 Å². The van der Waals surface area contributed by atoms with Gasteiger partial charge in [0, 0.05) is 31.9 Å². The minimum absolute atomic E-state index is 0.187. The molecule has 4 rings (SSSR count). The summed E-state index contributed by atoms with van der Waals surface area (Å²) >= 11 is 0. The molecule has 1 aliphatic rings. The summed E-state index contributed by atoms with van der Waals surface area (Å²) in [5, 5.41) is 0. The molecule has 1 saturated heterocycles. The summed E-state index contributed by atoms with van der Waals surface area (Å²) < 4.78 is 18.5. The van der Waals surface area contributed by atoms with Crippen LogP contribution in [0.25, 0.3) is 11.0 Å². The average molecular weight is 394 g/mol. The molecule has 0 unspecified atom stereocenters. The van der Waals surface area contributed by atoms with E-state index in [9.17, 15) is 9.18 Å². The molecule has 1 amide bonds. The molecule has 0 radical (unpaired) electrons. The van der Waals surface area contributed by atoms with Gasteiger partial charge in [0.15, 0.2) is 5.69 Å². The Morgan fingerprint density at radius 1 is 0.966 bits per heavy atom. The molecule has 0 spiro atoms. The summed E-state index contributed by atoms with van der Waals surface area (Å²) in [6.45, 7) is 6.45. The molecule has 1 fully saturated rings. The lowest BCUT2D eigenvalue weighted by Crippen LogP contribution is -2.49. The first kappa shape index (κ1) is 19.1. The number of hydrogen-bond acceptors (Lipinski definition) is 5. The number of anilines is 1. The number of aryl methyl sites for hydroxylation is 2. The molecular formula is C22H23FN4O2. The second-order valence-corrected chi connectivity index (χ2v) is 7.26. The second-order valence-electron chi connectivity index (χ2n) is 7.26. The highest BCUT2D eigenvalue weighted by Crippen LogP contribution is 2.24. The van der Waals surface area contributed by atoms with Gasteiger partial charge in [0.05, 0.1) is 18.1 Å². The fraction of sp³-hybridized carbons (Fsp3) is 0.318. The van der Waals surface area contributed by atoms with E-state index < -0.39 is 0 Å². The largest absolute Gasteiger partial charge is 0.479 e. The normalized spacial score (nSPS) is 14.3. The maximum absolute atomic E-state index is 13.1. The van der Waals surface area contributed by atoms with Crippen molar-refractivity contribution < 1.29 is 13.9 Å². The van der Waals surface area contributed by atoms with Gasteiger partial charge in [-0.3, -0.25) is 4.79 Å². The lowest BCUT2D eigenvalue weighted by Gasteiger charge is -2.36. The van der Waals surface area contributed by atoms with Crippen LogP contribution in [-0.2, 0) is 0 Å². The minimum atomic E-state index is -0.255. The van der Waals surface area contributed by atoms with Gasteiger partial charge in [0.2, 0.25) is 5.88 Å². The number of rotatable bonds is 3. The van der Waals surface area contributed by atoms with Crippen molar-refractivity contribution in [3.8, 4) is 5.88 Å². The van der Waals surface area contributed by atoms with Crippen molar-refractivity contribution in [2.45, 2.75) is 13.8 Å². The van der Waals surface area contributed by atoms with E-state index in [1.54, 1.807) is 17.0 Å². The van der Waals surface area contributed by atoms with E-state index in [1.807, 2.05) is 26.0 Å². The predicted molar refractivity (Wildman–Crippen MR) is 110 cm³/mol. The van der Waals surface area contributed by atoms with Gasteiger partial charge < -0.3 is 14.5 Å². The van der Waals surface area contributed by atoms with Gasteiger partial charge in [0.25, 0.3) is 5.91 Å². The first-order chi connectivity index (χ1) is 14.0. The maximum Gasteiger partial charge on any atom is 0.278 e. The van der Waals surface area contributed by atoms with Crippen molar-refractivity contribution in [1.29, 1.82) is 0 Å². The van der Waals surface area contributed by atoms with E-state index in [2.05, 4.69) is 14.9 Å². The zero-order valence-corrected chi connectivity index (χ0v) is 16.8. The van der Waals surface area contributed by atoms with E-state index in [1.165, 1.54) is 19.2 Å².